The molecule has 0 aliphatic carbocycles. The third-order valence-corrected chi connectivity index (χ3v) is 7.84. The molecule has 4 rings (SSSR count). The molecule has 0 unspecified atom stereocenters. The van der Waals surface area contributed by atoms with Crippen LogP contribution in [0.25, 0.3) is 0 Å². The number of hydrazone groups is 1. The summed E-state index contributed by atoms with van der Waals surface area (Å²) in [6, 6.07) is 9.80. The number of hydrogen-bond acceptors (Lipinski definition) is 7. The number of rotatable bonds is 6. The Bertz CT molecular complexity index is 1450. The standard InChI is InChI=1S/C21H16ClF2N5O4S2/c1-25-12-4-2-3-11(7-12)16-10-18(30)29(27-16)20-14(23)8-13(9-15(20)24)26-21(31)28-35(32,33)19-6-5-17(22)34-19/h2-9,25H,10H2,1H3,(H2,26,28,31). The molecule has 14 heteroatoms. The molecule has 0 spiro atoms. The second-order valence-electron chi connectivity index (χ2n) is 7.17. The second kappa shape index (κ2) is 9.60. The number of hydrogen-bond donors (Lipinski definition) is 3. The minimum atomic E-state index is -4.24. The highest BCUT2D eigenvalue weighted by atomic mass is 35.5. The molecule has 0 bridgehead atoms. The van der Waals surface area contributed by atoms with Crippen molar-refractivity contribution in [3.63, 3.8) is 0 Å². The molecule has 1 aliphatic rings. The molecule has 0 saturated heterocycles. The summed E-state index contributed by atoms with van der Waals surface area (Å²) in [5, 5.41) is 9.71. The van der Waals surface area contributed by atoms with E-state index in [-0.39, 0.29) is 20.7 Å². The number of nitrogens with zero attached hydrogens (tertiary/aromatic N) is 2. The van der Waals surface area contributed by atoms with E-state index in [9.17, 15) is 26.8 Å². The Morgan fingerprint density at radius 3 is 2.46 bits per heavy atom. The maximum atomic E-state index is 14.8. The molecule has 1 aromatic heterocycles. The Hall–Kier alpha value is -3.55. The largest absolute Gasteiger partial charge is 0.388 e. The van der Waals surface area contributed by atoms with Gasteiger partial charge in [-0.25, -0.2) is 26.7 Å². The number of nitrogens with one attached hydrogen (secondary N) is 3. The number of halogens is 3. The molecule has 3 amide bonds. The maximum Gasteiger partial charge on any atom is 0.333 e. The van der Waals surface area contributed by atoms with Crippen molar-refractivity contribution in [3.8, 4) is 0 Å². The van der Waals surface area contributed by atoms with E-state index in [0.717, 1.165) is 29.2 Å². The Labute approximate surface area is 207 Å². The minimum Gasteiger partial charge on any atom is -0.388 e. The molecule has 0 radical (unpaired) electrons. The van der Waals surface area contributed by atoms with Crippen LogP contribution >= 0.6 is 22.9 Å². The molecule has 0 saturated carbocycles. The van der Waals surface area contributed by atoms with Gasteiger partial charge < -0.3 is 10.6 Å². The van der Waals surface area contributed by atoms with Crippen molar-refractivity contribution < 1.29 is 26.8 Å². The number of thiophene rings is 1. The van der Waals surface area contributed by atoms with Crippen LogP contribution in [0.4, 0.5) is 30.6 Å². The molecule has 35 heavy (non-hydrogen) atoms. The first kappa shape index (κ1) is 24.6. The molecule has 1 aliphatic heterocycles. The van der Waals surface area contributed by atoms with Gasteiger partial charge in [-0.15, -0.1) is 11.3 Å². The summed E-state index contributed by atoms with van der Waals surface area (Å²) in [5.74, 6) is -3.02. The predicted molar refractivity (Wildman–Crippen MR) is 130 cm³/mol. The lowest BCUT2D eigenvalue weighted by Crippen LogP contribution is -2.34. The molecular weight excluding hydrogens is 524 g/mol. The van der Waals surface area contributed by atoms with Crippen LogP contribution in [0.1, 0.15) is 12.0 Å². The molecular formula is C21H16ClF2N5O4S2. The topological polar surface area (TPSA) is 120 Å². The van der Waals surface area contributed by atoms with Crippen LogP contribution < -0.4 is 20.4 Å². The van der Waals surface area contributed by atoms with E-state index < -0.39 is 39.3 Å². The summed E-state index contributed by atoms with van der Waals surface area (Å²) in [5.41, 5.74) is 0.606. The molecule has 3 aromatic rings. The molecule has 3 N–H and O–H groups in total. The Morgan fingerprint density at radius 2 is 1.83 bits per heavy atom. The monoisotopic (exact) mass is 539 g/mol. The normalized spacial score (nSPS) is 13.5. The lowest BCUT2D eigenvalue weighted by atomic mass is 10.1. The maximum absolute atomic E-state index is 14.8. The SMILES string of the molecule is CNc1cccc(C2=NN(c3c(F)cc(NC(=O)NS(=O)(=O)c4ccc(Cl)s4)cc3F)C(=O)C2)c1. The lowest BCUT2D eigenvalue weighted by Gasteiger charge is -2.15. The molecule has 182 valence electrons. The van der Waals surface area contributed by atoms with Gasteiger partial charge in [0.1, 0.15) is 9.90 Å². The van der Waals surface area contributed by atoms with Crippen LogP contribution in [0, 0.1) is 11.6 Å². The average Bonchev–Trinajstić information content (AvgIpc) is 3.39. The Balaban J connectivity index is 1.54. The molecule has 0 fully saturated rings. The van der Waals surface area contributed by atoms with Crippen molar-refractivity contribution in [1.82, 2.24) is 4.72 Å². The van der Waals surface area contributed by atoms with Crippen molar-refractivity contribution in [1.29, 1.82) is 0 Å². The van der Waals surface area contributed by atoms with Gasteiger partial charge in [-0.1, -0.05) is 23.7 Å². The highest BCUT2D eigenvalue weighted by molar-refractivity contribution is 7.92. The first-order valence-corrected chi connectivity index (χ1v) is 12.5. The quantitative estimate of drug-likeness (QED) is 0.429. The fourth-order valence-electron chi connectivity index (χ4n) is 3.23. The zero-order chi connectivity index (χ0) is 25.3. The highest BCUT2D eigenvalue weighted by Gasteiger charge is 2.31. The van der Waals surface area contributed by atoms with Crippen LogP contribution in [0.15, 0.2) is 57.8 Å². The number of sulfonamides is 1. The van der Waals surface area contributed by atoms with E-state index in [0.29, 0.717) is 16.3 Å². The number of carbonyl (C=O) groups is 2. The third kappa shape index (κ3) is 5.26. The van der Waals surface area contributed by atoms with Gasteiger partial charge in [0.2, 0.25) is 0 Å². The van der Waals surface area contributed by atoms with Crippen molar-refractivity contribution in [3.05, 3.63) is 70.1 Å². The van der Waals surface area contributed by atoms with Gasteiger partial charge in [-0.05, 0) is 36.4 Å². The van der Waals surface area contributed by atoms with Crippen LogP contribution in [0.2, 0.25) is 4.34 Å². The minimum absolute atomic E-state index is 0.168. The summed E-state index contributed by atoms with van der Waals surface area (Å²) in [7, 11) is -2.51. The van der Waals surface area contributed by atoms with Crippen LogP contribution in [-0.2, 0) is 14.8 Å². The van der Waals surface area contributed by atoms with E-state index in [1.54, 1.807) is 36.0 Å². The summed E-state index contributed by atoms with van der Waals surface area (Å²) in [6.07, 6.45) is -0.168. The molecule has 2 aromatic carbocycles. The van der Waals surface area contributed by atoms with Gasteiger partial charge >= 0.3 is 6.03 Å². The highest BCUT2D eigenvalue weighted by Crippen LogP contribution is 2.31. The smallest absolute Gasteiger partial charge is 0.333 e. The lowest BCUT2D eigenvalue weighted by molar-refractivity contribution is -0.117. The number of amides is 3. The van der Waals surface area contributed by atoms with E-state index >= 15 is 0 Å². The number of benzene rings is 2. The number of urea groups is 1. The molecule has 2 heterocycles. The Morgan fingerprint density at radius 1 is 1.11 bits per heavy atom. The van der Waals surface area contributed by atoms with E-state index in [1.807, 2.05) is 5.32 Å². The van der Waals surface area contributed by atoms with Gasteiger partial charge in [-0.3, -0.25) is 4.79 Å². The first-order valence-electron chi connectivity index (χ1n) is 9.84. The van der Waals surface area contributed by atoms with Gasteiger partial charge in [0.15, 0.2) is 11.6 Å². The van der Waals surface area contributed by atoms with E-state index in [4.69, 9.17) is 11.6 Å². The van der Waals surface area contributed by atoms with Crippen molar-refractivity contribution in [2.24, 2.45) is 5.10 Å². The fourth-order valence-corrected chi connectivity index (χ4v) is 5.62. The number of carbonyl (C=O) groups excluding carboxylic acids is 2. The van der Waals surface area contributed by atoms with Crippen LogP contribution in [0.3, 0.4) is 0 Å². The van der Waals surface area contributed by atoms with Crippen LogP contribution in [0.5, 0.6) is 0 Å². The van der Waals surface area contributed by atoms with Gasteiger partial charge in [-0.2, -0.15) is 10.1 Å². The fraction of sp³-hybridized carbons (Fsp3) is 0.0952. The van der Waals surface area contributed by atoms with Gasteiger partial charge in [0.25, 0.3) is 15.9 Å². The summed E-state index contributed by atoms with van der Waals surface area (Å²) >= 11 is 6.43. The zero-order valence-electron chi connectivity index (χ0n) is 17.8. The van der Waals surface area contributed by atoms with E-state index in [1.165, 1.54) is 12.1 Å². The Kier molecular flexibility index (Phi) is 6.74. The van der Waals surface area contributed by atoms with Gasteiger partial charge in [0.05, 0.1) is 16.5 Å². The average molecular weight is 540 g/mol. The zero-order valence-corrected chi connectivity index (χ0v) is 20.2. The summed E-state index contributed by atoms with van der Waals surface area (Å²) in [6.45, 7) is 0. The first-order chi connectivity index (χ1) is 16.6. The van der Waals surface area contributed by atoms with Crippen LogP contribution in [-0.4, -0.2) is 33.1 Å². The van der Waals surface area contributed by atoms with Crippen molar-refractivity contribution >= 4 is 67.7 Å². The summed E-state index contributed by atoms with van der Waals surface area (Å²) in [4.78, 5) is 24.6. The van der Waals surface area contributed by atoms with E-state index in [2.05, 4.69) is 10.4 Å². The van der Waals surface area contributed by atoms with Crippen molar-refractivity contribution in [2.45, 2.75) is 10.6 Å². The van der Waals surface area contributed by atoms with Crippen molar-refractivity contribution in [2.75, 3.05) is 22.7 Å². The number of anilines is 3. The molecule has 9 nitrogen and oxygen atoms in total. The second-order valence-corrected chi connectivity index (χ2v) is 10.8. The third-order valence-electron chi connectivity index (χ3n) is 4.79. The summed E-state index contributed by atoms with van der Waals surface area (Å²) < 4.78 is 55.8. The van der Waals surface area contributed by atoms with Gasteiger partial charge in [0, 0.05) is 24.0 Å². The predicted octanol–water partition coefficient (Wildman–Crippen LogP) is 4.37. The molecule has 0 atom stereocenters.